The molecule has 7 nitrogen and oxygen atoms in total. The van der Waals surface area contributed by atoms with Gasteiger partial charge in [0.1, 0.15) is 5.69 Å². The van der Waals surface area contributed by atoms with Crippen LogP contribution in [0.2, 0.25) is 0 Å². The van der Waals surface area contributed by atoms with Gasteiger partial charge in [-0.25, -0.2) is 4.98 Å². The highest BCUT2D eigenvalue weighted by Gasteiger charge is 2.25. The van der Waals surface area contributed by atoms with E-state index in [0.717, 1.165) is 26.5 Å². The molecule has 1 amide bonds. The molecule has 186 valence electrons. The SMILES string of the molecule is O=C(c1cn(Cc2cncn2Cc2ccc(Br)cc2)nc1-c1cccc2ccccc12)N1CCOCC1. The van der Waals surface area contributed by atoms with E-state index in [-0.39, 0.29) is 5.91 Å². The van der Waals surface area contributed by atoms with Crippen molar-refractivity contribution >= 4 is 32.6 Å². The van der Waals surface area contributed by atoms with Gasteiger partial charge in [0.25, 0.3) is 5.91 Å². The van der Waals surface area contributed by atoms with E-state index in [0.29, 0.717) is 50.7 Å². The average Bonchev–Trinajstić information content (AvgIpc) is 3.56. The number of ether oxygens (including phenoxy) is 1. The zero-order chi connectivity index (χ0) is 25.2. The molecule has 0 radical (unpaired) electrons. The van der Waals surface area contributed by atoms with Gasteiger partial charge in [-0.2, -0.15) is 5.10 Å². The van der Waals surface area contributed by atoms with Gasteiger partial charge < -0.3 is 14.2 Å². The number of rotatable bonds is 6. The van der Waals surface area contributed by atoms with Crippen LogP contribution in [0, 0.1) is 0 Å². The van der Waals surface area contributed by atoms with E-state index in [1.807, 2.05) is 64.7 Å². The molecule has 1 aliphatic heterocycles. The molecule has 2 aromatic heterocycles. The number of fused-ring (bicyclic) bond motifs is 1. The summed E-state index contributed by atoms with van der Waals surface area (Å²) >= 11 is 3.50. The molecule has 0 spiro atoms. The predicted octanol–water partition coefficient (Wildman–Crippen LogP) is 5.23. The first kappa shape index (κ1) is 23.6. The number of halogens is 1. The zero-order valence-corrected chi connectivity index (χ0v) is 21.8. The summed E-state index contributed by atoms with van der Waals surface area (Å²) < 4.78 is 10.5. The largest absolute Gasteiger partial charge is 0.378 e. The van der Waals surface area contributed by atoms with Crippen LogP contribution < -0.4 is 0 Å². The van der Waals surface area contributed by atoms with Crippen LogP contribution in [0.5, 0.6) is 0 Å². The molecule has 1 saturated heterocycles. The minimum Gasteiger partial charge on any atom is -0.378 e. The number of morpholine rings is 1. The highest BCUT2D eigenvalue weighted by molar-refractivity contribution is 9.10. The van der Waals surface area contributed by atoms with Crippen LogP contribution >= 0.6 is 15.9 Å². The van der Waals surface area contributed by atoms with Crippen molar-refractivity contribution in [1.82, 2.24) is 24.2 Å². The van der Waals surface area contributed by atoms with Gasteiger partial charge in [0.05, 0.1) is 43.5 Å². The van der Waals surface area contributed by atoms with Gasteiger partial charge in [-0.1, -0.05) is 70.5 Å². The van der Waals surface area contributed by atoms with Crippen molar-refractivity contribution in [1.29, 1.82) is 0 Å². The first-order valence-corrected chi connectivity index (χ1v) is 13.1. The highest BCUT2D eigenvalue weighted by Crippen LogP contribution is 2.31. The quantitative estimate of drug-likeness (QED) is 0.287. The van der Waals surface area contributed by atoms with Crippen LogP contribution in [-0.2, 0) is 17.8 Å². The van der Waals surface area contributed by atoms with Gasteiger partial charge in [-0.3, -0.25) is 9.48 Å². The third-order valence-electron chi connectivity index (χ3n) is 6.72. The molecule has 0 N–H and O–H groups in total. The number of amides is 1. The molecular weight excluding hydrogens is 530 g/mol. The van der Waals surface area contributed by atoms with Gasteiger partial charge in [-0.15, -0.1) is 0 Å². The van der Waals surface area contributed by atoms with Crippen LogP contribution in [0.15, 0.2) is 89.9 Å². The minimum atomic E-state index is -0.0131. The standard InChI is InChI=1S/C29H26BrN5O2/c30-23-10-8-21(9-11-23)17-34-20-31-16-24(34)18-35-19-27(29(36)33-12-14-37-15-13-33)28(32-35)26-7-3-5-22-4-1-2-6-25(22)26/h1-11,16,19-20H,12-15,17-18H2. The average molecular weight is 556 g/mol. The number of carbonyl (C=O) groups excluding carboxylic acids is 1. The van der Waals surface area contributed by atoms with Crippen molar-refractivity contribution in [3.05, 3.63) is 107 Å². The topological polar surface area (TPSA) is 65.2 Å². The molecule has 5 aromatic rings. The van der Waals surface area contributed by atoms with E-state index in [2.05, 4.69) is 55.8 Å². The number of aromatic nitrogens is 4. The molecule has 0 saturated carbocycles. The van der Waals surface area contributed by atoms with Crippen LogP contribution in [0.3, 0.4) is 0 Å². The van der Waals surface area contributed by atoms with Crippen molar-refractivity contribution in [2.75, 3.05) is 26.3 Å². The Bertz CT molecular complexity index is 1550. The number of imidazole rings is 1. The molecule has 3 aromatic carbocycles. The fourth-order valence-corrected chi connectivity index (χ4v) is 5.07. The highest BCUT2D eigenvalue weighted by atomic mass is 79.9. The zero-order valence-electron chi connectivity index (χ0n) is 20.3. The maximum atomic E-state index is 13.7. The van der Waals surface area contributed by atoms with Crippen molar-refractivity contribution in [3.63, 3.8) is 0 Å². The molecule has 3 heterocycles. The summed E-state index contributed by atoms with van der Waals surface area (Å²) in [4.78, 5) is 19.9. The summed E-state index contributed by atoms with van der Waals surface area (Å²) in [6.07, 6.45) is 5.58. The molecule has 1 aliphatic rings. The number of nitrogens with zero attached hydrogens (tertiary/aromatic N) is 5. The van der Waals surface area contributed by atoms with E-state index >= 15 is 0 Å². The summed E-state index contributed by atoms with van der Waals surface area (Å²) in [5.74, 6) is -0.0131. The molecule has 1 fully saturated rings. The van der Waals surface area contributed by atoms with Crippen molar-refractivity contribution in [3.8, 4) is 11.3 Å². The third-order valence-corrected chi connectivity index (χ3v) is 7.25. The maximum absolute atomic E-state index is 13.7. The Balaban J connectivity index is 1.37. The number of benzene rings is 3. The Hall–Kier alpha value is -3.75. The van der Waals surface area contributed by atoms with Crippen LogP contribution in [0.25, 0.3) is 22.0 Å². The molecule has 6 rings (SSSR count). The number of carbonyl (C=O) groups is 1. The lowest BCUT2D eigenvalue weighted by atomic mass is 9.99. The van der Waals surface area contributed by atoms with E-state index in [4.69, 9.17) is 9.84 Å². The normalized spacial score (nSPS) is 13.8. The van der Waals surface area contributed by atoms with E-state index in [1.165, 1.54) is 5.56 Å². The lowest BCUT2D eigenvalue weighted by molar-refractivity contribution is 0.0303. The lowest BCUT2D eigenvalue weighted by Gasteiger charge is -2.26. The molecule has 37 heavy (non-hydrogen) atoms. The fourth-order valence-electron chi connectivity index (χ4n) is 4.80. The van der Waals surface area contributed by atoms with E-state index in [9.17, 15) is 4.79 Å². The lowest BCUT2D eigenvalue weighted by Crippen LogP contribution is -2.40. The van der Waals surface area contributed by atoms with Crippen LogP contribution in [-0.4, -0.2) is 56.4 Å². The van der Waals surface area contributed by atoms with Gasteiger partial charge in [-0.05, 0) is 28.5 Å². The van der Waals surface area contributed by atoms with E-state index < -0.39 is 0 Å². The second-order valence-electron chi connectivity index (χ2n) is 9.16. The predicted molar refractivity (Wildman–Crippen MR) is 146 cm³/mol. The summed E-state index contributed by atoms with van der Waals surface area (Å²) in [6.45, 7) is 3.49. The van der Waals surface area contributed by atoms with Crippen LogP contribution in [0.1, 0.15) is 21.6 Å². The number of hydrogen-bond donors (Lipinski definition) is 0. The molecule has 0 aliphatic carbocycles. The first-order chi connectivity index (χ1) is 18.2. The Labute approximate surface area is 223 Å². The Morgan fingerprint density at radius 3 is 2.57 bits per heavy atom. The second kappa shape index (κ2) is 10.3. The summed E-state index contributed by atoms with van der Waals surface area (Å²) in [5, 5.41) is 7.16. The first-order valence-electron chi connectivity index (χ1n) is 12.3. The van der Waals surface area contributed by atoms with Gasteiger partial charge in [0.2, 0.25) is 0 Å². The Kier molecular flexibility index (Phi) is 6.59. The summed E-state index contributed by atoms with van der Waals surface area (Å²) in [5.41, 5.74) is 4.46. The third kappa shape index (κ3) is 4.95. The molecule has 8 heteroatoms. The van der Waals surface area contributed by atoms with Crippen molar-refractivity contribution in [2.24, 2.45) is 0 Å². The Morgan fingerprint density at radius 2 is 1.73 bits per heavy atom. The number of hydrogen-bond acceptors (Lipinski definition) is 4. The summed E-state index contributed by atoms with van der Waals surface area (Å²) in [7, 11) is 0. The fraction of sp³-hybridized carbons (Fsp3) is 0.207. The minimum absolute atomic E-state index is 0.0131. The van der Waals surface area contributed by atoms with Gasteiger partial charge >= 0.3 is 0 Å². The maximum Gasteiger partial charge on any atom is 0.257 e. The van der Waals surface area contributed by atoms with Crippen LogP contribution in [0.4, 0.5) is 0 Å². The van der Waals surface area contributed by atoms with Gasteiger partial charge in [0, 0.05) is 35.9 Å². The smallest absolute Gasteiger partial charge is 0.257 e. The second-order valence-corrected chi connectivity index (χ2v) is 10.1. The Morgan fingerprint density at radius 1 is 0.946 bits per heavy atom. The van der Waals surface area contributed by atoms with Gasteiger partial charge in [0.15, 0.2) is 0 Å². The molecular formula is C29H26BrN5O2. The molecule has 0 unspecified atom stereocenters. The summed E-state index contributed by atoms with van der Waals surface area (Å²) in [6, 6.07) is 22.6. The van der Waals surface area contributed by atoms with Crippen molar-refractivity contribution in [2.45, 2.75) is 13.1 Å². The van der Waals surface area contributed by atoms with Crippen molar-refractivity contribution < 1.29 is 9.53 Å². The molecule has 0 bridgehead atoms. The molecule has 0 atom stereocenters. The monoisotopic (exact) mass is 555 g/mol. The van der Waals surface area contributed by atoms with E-state index in [1.54, 1.807) is 0 Å².